The highest BCUT2D eigenvalue weighted by atomic mass is 17.3. The van der Waals surface area contributed by atoms with Gasteiger partial charge in [-0.3, -0.25) is 4.79 Å². The molecule has 24 heavy (non-hydrogen) atoms. The SMILES string of the molecule is CC(=O)Oc1cccc(C23OCC(C)(C)C2(C(C)(C)CO)OO3)c1. The summed E-state index contributed by atoms with van der Waals surface area (Å²) in [5, 5.41) is 9.98. The lowest BCUT2D eigenvalue weighted by molar-refractivity contribution is -0.628. The van der Waals surface area contributed by atoms with Crippen molar-refractivity contribution < 1.29 is 29.1 Å². The summed E-state index contributed by atoms with van der Waals surface area (Å²) in [5.41, 5.74) is -1.20. The molecule has 2 aliphatic heterocycles. The molecular formula is C18H24O6. The Kier molecular flexibility index (Phi) is 3.80. The molecule has 6 nitrogen and oxygen atoms in total. The van der Waals surface area contributed by atoms with Gasteiger partial charge in [-0.1, -0.05) is 39.8 Å². The van der Waals surface area contributed by atoms with Crippen LogP contribution in [0.15, 0.2) is 24.3 Å². The molecular weight excluding hydrogens is 312 g/mol. The Balaban J connectivity index is 2.11. The molecule has 0 spiro atoms. The number of fused-ring (bicyclic) bond motifs is 1. The maximum Gasteiger partial charge on any atom is 0.308 e. The molecule has 2 saturated heterocycles. The third kappa shape index (κ3) is 2.00. The first-order valence-corrected chi connectivity index (χ1v) is 8.02. The first-order chi connectivity index (χ1) is 11.1. The molecule has 2 heterocycles. The Labute approximate surface area is 141 Å². The van der Waals surface area contributed by atoms with Crippen LogP contribution in [0, 0.1) is 10.8 Å². The molecule has 1 aromatic carbocycles. The summed E-state index contributed by atoms with van der Waals surface area (Å²) in [7, 11) is 0. The summed E-state index contributed by atoms with van der Waals surface area (Å²) in [5.74, 6) is -1.14. The molecule has 1 N–H and O–H groups in total. The van der Waals surface area contributed by atoms with E-state index < -0.39 is 28.2 Å². The summed E-state index contributed by atoms with van der Waals surface area (Å²) >= 11 is 0. The van der Waals surface area contributed by atoms with Gasteiger partial charge in [-0.25, -0.2) is 4.89 Å². The third-order valence-corrected chi connectivity index (χ3v) is 5.16. The zero-order chi connectivity index (χ0) is 17.8. The molecule has 0 amide bonds. The van der Waals surface area contributed by atoms with Crippen LogP contribution in [0.3, 0.4) is 0 Å². The van der Waals surface area contributed by atoms with Crippen molar-refractivity contribution in [3.8, 4) is 5.75 Å². The van der Waals surface area contributed by atoms with Crippen molar-refractivity contribution in [2.24, 2.45) is 10.8 Å². The number of carbonyl (C=O) groups excluding carboxylic acids is 1. The van der Waals surface area contributed by atoms with Gasteiger partial charge in [-0.15, -0.1) is 0 Å². The van der Waals surface area contributed by atoms with Crippen LogP contribution in [0.4, 0.5) is 0 Å². The second-order valence-corrected chi connectivity index (χ2v) is 7.80. The molecule has 0 saturated carbocycles. The average molecular weight is 336 g/mol. The van der Waals surface area contributed by atoms with E-state index in [0.29, 0.717) is 17.9 Å². The van der Waals surface area contributed by atoms with Crippen LogP contribution in [0.1, 0.15) is 40.2 Å². The van der Waals surface area contributed by atoms with Crippen molar-refractivity contribution in [2.45, 2.75) is 46.0 Å². The Morgan fingerprint density at radius 3 is 2.58 bits per heavy atom. The number of aliphatic hydroxyl groups is 1. The van der Waals surface area contributed by atoms with Crippen LogP contribution in [-0.4, -0.2) is 29.9 Å². The molecule has 6 heteroatoms. The van der Waals surface area contributed by atoms with Crippen LogP contribution in [0.5, 0.6) is 5.75 Å². The number of esters is 1. The highest BCUT2D eigenvalue weighted by molar-refractivity contribution is 5.69. The Morgan fingerprint density at radius 1 is 1.33 bits per heavy atom. The number of rotatable bonds is 4. The summed E-state index contributed by atoms with van der Waals surface area (Å²) in [6.07, 6.45) is 0. The Hall–Kier alpha value is -1.47. The van der Waals surface area contributed by atoms with Crippen LogP contribution in [-0.2, 0) is 25.1 Å². The summed E-state index contributed by atoms with van der Waals surface area (Å²) in [6, 6.07) is 7.03. The van der Waals surface area contributed by atoms with Gasteiger partial charge in [0.1, 0.15) is 5.75 Å². The molecule has 0 bridgehead atoms. The van der Waals surface area contributed by atoms with Gasteiger partial charge in [0.15, 0.2) is 5.60 Å². The van der Waals surface area contributed by atoms with Crippen molar-refractivity contribution in [1.29, 1.82) is 0 Å². The van der Waals surface area contributed by atoms with E-state index in [9.17, 15) is 9.90 Å². The number of benzene rings is 1. The summed E-state index contributed by atoms with van der Waals surface area (Å²) < 4.78 is 11.3. The summed E-state index contributed by atoms with van der Waals surface area (Å²) in [4.78, 5) is 22.5. The van der Waals surface area contributed by atoms with Gasteiger partial charge in [0.05, 0.1) is 13.2 Å². The molecule has 2 fully saturated rings. The van der Waals surface area contributed by atoms with Crippen molar-refractivity contribution >= 4 is 5.97 Å². The lowest BCUT2D eigenvalue weighted by atomic mass is 9.57. The predicted molar refractivity (Wildman–Crippen MR) is 84.9 cm³/mol. The second kappa shape index (κ2) is 5.26. The second-order valence-electron chi connectivity index (χ2n) is 7.80. The topological polar surface area (TPSA) is 74.2 Å². The maximum atomic E-state index is 11.2. The smallest absolute Gasteiger partial charge is 0.308 e. The van der Waals surface area contributed by atoms with E-state index in [1.165, 1.54) is 6.92 Å². The maximum absolute atomic E-state index is 11.2. The normalized spacial score (nSPS) is 31.2. The Bertz CT molecular complexity index is 667. The molecule has 2 unspecified atom stereocenters. The molecule has 132 valence electrons. The standard InChI is InChI=1S/C18H24O6/c1-12(20)22-14-8-6-7-13(9-14)17-18(24-23-17,15(2,3)10-19)16(4,5)11-21-17/h6-9,19H,10-11H2,1-5H3. The first-order valence-electron chi connectivity index (χ1n) is 8.02. The lowest BCUT2D eigenvalue weighted by Crippen LogP contribution is -2.74. The van der Waals surface area contributed by atoms with Gasteiger partial charge in [0.2, 0.25) is 0 Å². The zero-order valence-corrected chi connectivity index (χ0v) is 14.7. The van der Waals surface area contributed by atoms with Crippen molar-refractivity contribution in [3.63, 3.8) is 0 Å². The van der Waals surface area contributed by atoms with Crippen LogP contribution in [0.2, 0.25) is 0 Å². The van der Waals surface area contributed by atoms with Crippen molar-refractivity contribution in [2.75, 3.05) is 13.2 Å². The predicted octanol–water partition coefficient (Wildman–Crippen LogP) is 2.54. The highest BCUT2D eigenvalue weighted by Gasteiger charge is 2.82. The van der Waals surface area contributed by atoms with E-state index >= 15 is 0 Å². The van der Waals surface area contributed by atoms with E-state index in [1.807, 2.05) is 33.8 Å². The van der Waals surface area contributed by atoms with E-state index in [0.717, 1.165) is 0 Å². The van der Waals surface area contributed by atoms with Crippen LogP contribution >= 0.6 is 0 Å². The minimum Gasteiger partial charge on any atom is -0.427 e. The van der Waals surface area contributed by atoms with Crippen LogP contribution < -0.4 is 4.74 Å². The minimum absolute atomic E-state index is 0.0888. The van der Waals surface area contributed by atoms with Gasteiger partial charge in [0.25, 0.3) is 5.79 Å². The zero-order valence-electron chi connectivity index (χ0n) is 14.7. The van der Waals surface area contributed by atoms with Crippen molar-refractivity contribution in [1.82, 2.24) is 0 Å². The third-order valence-electron chi connectivity index (χ3n) is 5.16. The van der Waals surface area contributed by atoms with Crippen molar-refractivity contribution in [3.05, 3.63) is 29.8 Å². The lowest BCUT2D eigenvalue weighted by Gasteiger charge is -2.61. The van der Waals surface area contributed by atoms with E-state index in [4.69, 9.17) is 19.2 Å². The average Bonchev–Trinajstić information content (AvgIpc) is 2.62. The number of ether oxygens (including phenoxy) is 2. The number of aliphatic hydroxyl groups excluding tert-OH is 1. The van der Waals surface area contributed by atoms with Gasteiger partial charge < -0.3 is 14.6 Å². The fourth-order valence-electron chi connectivity index (χ4n) is 4.12. The molecule has 1 aromatic rings. The number of hydrogen-bond donors (Lipinski definition) is 1. The molecule has 0 radical (unpaired) electrons. The monoisotopic (exact) mass is 336 g/mol. The van der Waals surface area contributed by atoms with E-state index in [1.54, 1.807) is 18.2 Å². The summed E-state index contributed by atoms with van der Waals surface area (Å²) in [6.45, 7) is 9.59. The van der Waals surface area contributed by atoms with Gasteiger partial charge in [-0.2, -0.15) is 4.89 Å². The van der Waals surface area contributed by atoms with Crippen LogP contribution in [0.25, 0.3) is 0 Å². The fourth-order valence-corrected chi connectivity index (χ4v) is 4.12. The molecule has 2 atom stereocenters. The molecule has 3 rings (SSSR count). The highest BCUT2D eigenvalue weighted by Crippen LogP contribution is 2.69. The van der Waals surface area contributed by atoms with E-state index in [2.05, 4.69) is 0 Å². The van der Waals surface area contributed by atoms with Gasteiger partial charge in [-0.05, 0) is 12.1 Å². The number of hydrogen-bond acceptors (Lipinski definition) is 6. The minimum atomic E-state index is -1.15. The first kappa shape index (κ1) is 17.4. The Morgan fingerprint density at radius 2 is 2.04 bits per heavy atom. The molecule has 0 aliphatic carbocycles. The van der Waals surface area contributed by atoms with E-state index in [-0.39, 0.29) is 6.61 Å². The largest absolute Gasteiger partial charge is 0.427 e. The molecule has 0 aromatic heterocycles. The number of carbonyl (C=O) groups is 1. The molecule has 2 aliphatic rings. The van der Waals surface area contributed by atoms with Gasteiger partial charge >= 0.3 is 5.97 Å². The quantitative estimate of drug-likeness (QED) is 0.517. The van der Waals surface area contributed by atoms with Gasteiger partial charge in [0, 0.05) is 23.3 Å². The fraction of sp³-hybridized carbons (Fsp3) is 0.611.